The Bertz CT molecular complexity index is 950. The van der Waals surface area contributed by atoms with Crippen molar-refractivity contribution in [3.05, 3.63) is 60.2 Å². The molecule has 3 rings (SSSR count). The van der Waals surface area contributed by atoms with Crippen molar-refractivity contribution in [2.24, 2.45) is 5.92 Å². The Morgan fingerprint density at radius 3 is 2.38 bits per heavy atom. The molecule has 2 amide bonds. The number of sulfone groups is 1. The average molecular weight is 480 g/mol. The number of likely N-dealkylation sites (tertiary alicyclic amines) is 1. The number of benzene rings is 2. The van der Waals surface area contributed by atoms with Crippen LogP contribution in [-0.2, 0) is 15.6 Å². The molecule has 1 aliphatic rings. The number of carbonyl (C=O) groups is 1. The lowest BCUT2D eigenvalue weighted by molar-refractivity contribution is 0.169. The fraction of sp³-hybridized carbons (Fsp3) is 0.458. The molecule has 8 heteroatoms. The Kier molecular flexibility index (Phi) is 10.0. The second-order valence-electron chi connectivity index (χ2n) is 8.61. The Labute approximate surface area is 198 Å². The van der Waals surface area contributed by atoms with Gasteiger partial charge in [-0.2, -0.15) is 0 Å². The predicted molar refractivity (Wildman–Crippen MR) is 133 cm³/mol. The Balaban J connectivity index is 0.00000363. The minimum absolute atomic E-state index is 0. The van der Waals surface area contributed by atoms with Gasteiger partial charge in [0, 0.05) is 26.2 Å². The van der Waals surface area contributed by atoms with Crippen LogP contribution in [0.15, 0.2) is 54.6 Å². The molecule has 1 atom stereocenters. The fourth-order valence-electron chi connectivity index (χ4n) is 3.98. The molecule has 6 nitrogen and oxygen atoms in total. The van der Waals surface area contributed by atoms with E-state index in [0.29, 0.717) is 19.6 Å². The zero-order valence-corrected chi connectivity index (χ0v) is 20.5. The number of nitrogens with one attached hydrogen (secondary N) is 1. The van der Waals surface area contributed by atoms with E-state index in [9.17, 15) is 13.2 Å². The number of piperidine rings is 1. The van der Waals surface area contributed by atoms with Crippen LogP contribution in [0, 0.1) is 5.92 Å². The van der Waals surface area contributed by atoms with Crippen molar-refractivity contribution in [3.8, 4) is 11.1 Å². The SMILES string of the molecule is CN(C)CCNC(=O)N1CCCC(CS(=O)(=O)Cc2ccc(-c3ccccc3)cc2)C1.Cl. The van der Waals surface area contributed by atoms with Crippen LogP contribution in [0.4, 0.5) is 4.79 Å². The molecule has 1 N–H and O–H groups in total. The van der Waals surface area contributed by atoms with Crippen molar-refractivity contribution in [1.29, 1.82) is 0 Å². The van der Waals surface area contributed by atoms with Crippen molar-refractivity contribution >= 4 is 28.3 Å². The number of hydrogen-bond acceptors (Lipinski definition) is 4. The summed E-state index contributed by atoms with van der Waals surface area (Å²) in [6.07, 6.45) is 1.68. The lowest BCUT2D eigenvalue weighted by atomic mass is 10.0. The van der Waals surface area contributed by atoms with Crippen LogP contribution in [-0.4, -0.2) is 70.3 Å². The van der Waals surface area contributed by atoms with Gasteiger partial charge in [-0.05, 0) is 49.5 Å². The maximum atomic E-state index is 12.8. The summed E-state index contributed by atoms with van der Waals surface area (Å²) in [7, 11) is 0.669. The largest absolute Gasteiger partial charge is 0.337 e. The highest BCUT2D eigenvalue weighted by molar-refractivity contribution is 7.90. The van der Waals surface area contributed by atoms with E-state index in [1.165, 1.54) is 0 Å². The topological polar surface area (TPSA) is 69.7 Å². The molecule has 0 spiro atoms. The predicted octanol–water partition coefficient (Wildman–Crippen LogP) is 3.67. The van der Waals surface area contributed by atoms with Gasteiger partial charge in [0.2, 0.25) is 0 Å². The number of hydrogen-bond donors (Lipinski definition) is 1. The van der Waals surface area contributed by atoms with Crippen LogP contribution in [0.2, 0.25) is 0 Å². The molecule has 0 radical (unpaired) electrons. The minimum Gasteiger partial charge on any atom is -0.337 e. The smallest absolute Gasteiger partial charge is 0.317 e. The van der Waals surface area contributed by atoms with Crippen LogP contribution in [0.5, 0.6) is 0 Å². The molecular weight excluding hydrogens is 446 g/mol. The number of carbonyl (C=O) groups excluding carboxylic acids is 1. The Morgan fingerprint density at radius 1 is 1.06 bits per heavy atom. The van der Waals surface area contributed by atoms with Gasteiger partial charge in [-0.1, -0.05) is 54.6 Å². The van der Waals surface area contributed by atoms with E-state index in [1.54, 1.807) is 4.90 Å². The Morgan fingerprint density at radius 2 is 1.72 bits per heavy atom. The van der Waals surface area contributed by atoms with Gasteiger partial charge < -0.3 is 15.1 Å². The van der Waals surface area contributed by atoms with Crippen LogP contribution in [0.1, 0.15) is 18.4 Å². The van der Waals surface area contributed by atoms with Gasteiger partial charge >= 0.3 is 6.03 Å². The zero-order valence-electron chi connectivity index (χ0n) is 18.9. The molecule has 1 fully saturated rings. The normalized spacial score (nSPS) is 16.5. The second-order valence-corrected chi connectivity index (χ2v) is 10.7. The highest BCUT2D eigenvalue weighted by Crippen LogP contribution is 2.22. The Hall–Kier alpha value is -2.09. The molecule has 32 heavy (non-hydrogen) atoms. The third kappa shape index (κ3) is 8.11. The summed E-state index contributed by atoms with van der Waals surface area (Å²) in [4.78, 5) is 16.1. The molecule has 2 aromatic carbocycles. The summed E-state index contributed by atoms with van der Waals surface area (Å²) in [5.41, 5.74) is 2.99. The van der Waals surface area contributed by atoms with Gasteiger partial charge in [-0.15, -0.1) is 12.4 Å². The number of halogens is 1. The molecule has 2 aromatic rings. The van der Waals surface area contributed by atoms with E-state index in [-0.39, 0.29) is 35.9 Å². The van der Waals surface area contributed by atoms with Gasteiger partial charge in [-0.3, -0.25) is 0 Å². The molecule has 0 bridgehead atoms. The van der Waals surface area contributed by atoms with E-state index in [2.05, 4.69) is 5.32 Å². The maximum Gasteiger partial charge on any atom is 0.317 e. The lowest BCUT2D eigenvalue weighted by Gasteiger charge is -2.32. The quantitative estimate of drug-likeness (QED) is 0.627. The van der Waals surface area contributed by atoms with Crippen molar-refractivity contribution in [1.82, 2.24) is 15.1 Å². The monoisotopic (exact) mass is 479 g/mol. The van der Waals surface area contributed by atoms with Gasteiger partial charge in [0.25, 0.3) is 0 Å². The molecule has 1 aliphatic heterocycles. The standard InChI is InChI=1S/C24H33N3O3S.ClH/c1-26(2)16-14-25-24(28)27-15-6-7-21(17-27)19-31(29,30)18-20-10-12-23(13-11-20)22-8-4-3-5-9-22;/h3-5,8-13,21H,6-7,14-19H2,1-2H3,(H,25,28);1H. The molecule has 1 unspecified atom stereocenters. The average Bonchev–Trinajstić information content (AvgIpc) is 2.74. The first-order valence-corrected chi connectivity index (χ1v) is 12.7. The summed E-state index contributed by atoms with van der Waals surface area (Å²) in [6.45, 7) is 2.55. The number of urea groups is 1. The van der Waals surface area contributed by atoms with E-state index in [0.717, 1.165) is 36.1 Å². The van der Waals surface area contributed by atoms with Gasteiger partial charge in [-0.25, -0.2) is 13.2 Å². The van der Waals surface area contributed by atoms with Gasteiger partial charge in [0.1, 0.15) is 0 Å². The summed E-state index contributed by atoms with van der Waals surface area (Å²) in [5, 5.41) is 2.92. The molecule has 1 heterocycles. The van der Waals surface area contributed by atoms with E-state index < -0.39 is 9.84 Å². The van der Waals surface area contributed by atoms with Crippen molar-refractivity contribution in [3.63, 3.8) is 0 Å². The van der Waals surface area contributed by atoms with Crippen molar-refractivity contribution in [2.75, 3.05) is 46.0 Å². The first-order valence-electron chi connectivity index (χ1n) is 10.8. The summed E-state index contributed by atoms with van der Waals surface area (Å²) in [5.74, 6) is 0.143. The molecule has 0 aliphatic carbocycles. The van der Waals surface area contributed by atoms with Crippen LogP contribution < -0.4 is 5.32 Å². The zero-order chi connectivity index (χ0) is 22.3. The molecule has 176 valence electrons. The molecule has 1 saturated heterocycles. The summed E-state index contributed by atoms with van der Waals surface area (Å²) in [6, 6.07) is 17.7. The molecular formula is C24H34ClN3O3S. The van der Waals surface area contributed by atoms with Crippen LogP contribution in [0.25, 0.3) is 11.1 Å². The molecule has 0 saturated carbocycles. The van der Waals surface area contributed by atoms with Crippen LogP contribution in [0.3, 0.4) is 0 Å². The third-order valence-corrected chi connectivity index (χ3v) is 7.33. The summed E-state index contributed by atoms with van der Waals surface area (Å²) >= 11 is 0. The van der Waals surface area contributed by atoms with Crippen LogP contribution >= 0.6 is 12.4 Å². The highest BCUT2D eigenvalue weighted by atomic mass is 35.5. The summed E-state index contributed by atoms with van der Waals surface area (Å²) < 4.78 is 25.6. The number of likely N-dealkylation sites (N-methyl/N-ethyl adjacent to an activating group) is 1. The van der Waals surface area contributed by atoms with E-state index in [4.69, 9.17) is 0 Å². The van der Waals surface area contributed by atoms with Gasteiger partial charge in [0.15, 0.2) is 9.84 Å². The van der Waals surface area contributed by atoms with E-state index >= 15 is 0 Å². The fourth-order valence-corrected chi connectivity index (χ4v) is 5.79. The number of nitrogens with zero attached hydrogens (tertiary/aromatic N) is 2. The maximum absolute atomic E-state index is 12.8. The highest BCUT2D eigenvalue weighted by Gasteiger charge is 2.27. The minimum atomic E-state index is -3.25. The van der Waals surface area contributed by atoms with E-state index in [1.807, 2.05) is 73.6 Å². The first kappa shape index (κ1) is 26.2. The van der Waals surface area contributed by atoms with Crippen molar-refractivity contribution < 1.29 is 13.2 Å². The lowest BCUT2D eigenvalue weighted by Crippen LogP contribution is -2.47. The first-order chi connectivity index (χ1) is 14.8. The third-order valence-electron chi connectivity index (χ3n) is 5.58. The van der Waals surface area contributed by atoms with Crippen molar-refractivity contribution in [2.45, 2.75) is 18.6 Å². The van der Waals surface area contributed by atoms with Gasteiger partial charge in [0.05, 0.1) is 11.5 Å². The molecule has 0 aromatic heterocycles. The number of rotatable bonds is 8. The number of amides is 2. The second kappa shape index (κ2) is 12.2.